The summed E-state index contributed by atoms with van der Waals surface area (Å²) in [7, 11) is 0. The highest BCUT2D eigenvalue weighted by Crippen LogP contribution is 2.31. The van der Waals surface area contributed by atoms with E-state index in [1.807, 2.05) is 36.4 Å². The van der Waals surface area contributed by atoms with Crippen LogP contribution in [-0.4, -0.2) is 15.0 Å². The third kappa shape index (κ3) is 2.34. The molecule has 0 spiro atoms. The molecule has 0 saturated heterocycles. The van der Waals surface area contributed by atoms with Gasteiger partial charge >= 0.3 is 0 Å². The van der Waals surface area contributed by atoms with E-state index in [1.165, 1.54) is 0 Å². The average molecular weight is 272 g/mol. The third-order valence-corrected chi connectivity index (χ3v) is 3.30. The number of aromatic amines is 1. The van der Waals surface area contributed by atoms with Gasteiger partial charge in [-0.3, -0.25) is 0 Å². The van der Waals surface area contributed by atoms with Gasteiger partial charge < -0.3 is 4.98 Å². The van der Waals surface area contributed by atoms with Gasteiger partial charge in [-0.2, -0.15) is 0 Å². The number of benzene rings is 1. The van der Waals surface area contributed by atoms with Crippen molar-refractivity contribution in [3.8, 4) is 22.6 Å². The Labute approximate surface area is 117 Å². The number of aryl methyl sites for hydroxylation is 1. The van der Waals surface area contributed by atoms with Crippen molar-refractivity contribution in [1.29, 1.82) is 0 Å². The molecule has 1 aromatic carbocycles. The molecule has 1 N–H and O–H groups in total. The van der Waals surface area contributed by atoms with E-state index >= 15 is 0 Å². The average Bonchev–Trinajstić information content (AvgIpc) is 2.85. The summed E-state index contributed by atoms with van der Waals surface area (Å²) >= 11 is 6.21. The number of fused-ring (bicyclic) bond motifs is 1. The van der Waals surface area contributed by atoms with E-state index < -0.39 is 0 Å². The van der Waals surface area contributed by atoms with Crippen LogP contribution >= 0.6 is 11.6 Å². The Bertz CT molecular complexity index is 661. The number of rotatable bonds is 3. The summed E-state index contributed by atoms with van der Waals surface area (Å²) in [5.74, 6) is 0.909. The first kappa shape index (κ1) is 12.2. The number of aromatic nitrogens is 3. The van der Waals surface area contributed by atoms with Gasteiger partial charge in [0.15, 0.2) is 5.15 Å². The molecule has 2 aliphatic rings. The number of hydrogen-bond donors (Lipinski definition) is 1. The molecule has 0 amide bonds. The maximum absolute atomic E-state index is 6.21. The predicted octanol–water partition coefficient (Wildman–Crippen LogP) is 4.18. The molecule has 96 valence electrons. The minimum atomic E-state index is 0.472. The fourth-order valence-electron chi connectivity index (χ4n) is 2.14. The predicted molar refractivity (Wildman–Crippen MR) is 77.4 cm³/mol. The van der Waals surface area contributed by atoms with Gasteiger partial charge in [0.05, 0.1) is 11.4 Å². The fourth-order valence-corrected chi connectivity index (χ4v) is 2.38. The maximum Gasteiger partial charge on any atom is 0.158 e. The summed E-state index contributed by atoms with van der Waals surface area (Å²) in [5, 5.41) is 0.472. The van der Waals surface area contributed by atoms with Crippen LogP contribution in [0.1, 0.15) is 19.2 Å². The minimum Gasteiger partial charge on any atom is -0.342 e. The van der Waals surface area contributed by atoms with E-state index in [2.05, 4.69) is 21.9 Å². The number of hydrogen-bond acceptors (Lipinski definition) is 2. The summed E-state index contributed by atoms with van der Waals surface area (Å²) < 4.78 is 0. The van der Waals surface area contributed by atoms with Gasteiger partial charge in [-0.1, -0.05) is 48.9 Å². The molecule has 1 aromatic rings. The smallest absolute Gasteiger partial charge is 0.158 e. The molecule has 0 aromatic heterocycles. The molecular formula is C15H14ClN3. The number of halogens is 1. The lowest BCUT2D eigenvalue weighted by molar-refractivity contribution is 0.835. The molecule has 0 fully saturated rings. The molecule has 0 bridgehead atoms. The summed E-state index contributed by atoms with van der Waals surface area (Å²) in [6.45, 7) is 2.12. The minimum absolute atomic E-state index is 0.472. The van der Waals surface area contributed by atoms with Gasteiger partial charge in [0.25, 0.3) is 0 Å². The SMILES string of the molecule is CCCc1nc(Cl)c2nc(-c3ccccc3)cc-2[nH]1. The van der Waals surface area contributed by atoms with Crippen LogP contribution in [0.25, 0.3) is 22.6 Å². The summed E-state index contributed by atoms with van der Waals surface area (Å²) in [6.07, 6.45) is 1.92. The second-order valence-corrected chi connectivity index (χ2v) is 4.85. The lowest BCUT2D eigenvalue weighted by Crippen LogP contribution is -1.98. The summed E-state index contributed by atoms with van der Waals surface area (Å²) in [5.41, 5.74) is 3.69. The van der Waals surface area contributed by atoms with Crippen LogP contribution in [0.15, 0.2) is 36.4 Å². The molecule has 2 aliphatic heterocycles. The molecule has 0 atom stereocenters. The Morgan fingerprint density at radius 1 is 1.16 bits per heavy atom. The second kappa shape index (κ2) is 5.02. The van der Waals surface area contributed by atoms with Crippen molar-refractivity contribution in [2.24, 2.45) is 0 Å². The topological polar surface area (TPSA) is 41.6 Å². The van der Waals surface area contributed by atoms with Crippen LogP contribution in [0.4, 0.5) is 0 Å². The van der Waals surface area contributed by atoms with E-state index in [-0.39, 0.29) is 0 Å². The van der Waals surface area contributed by atoms with Crippen LogP contribution in [0.5, 0.6) is 0 Å². The van der Waals surface area contributed by atoms with Crippen molar-refractivity contribution in [1.82, 2.24) is 15.0 Å². The largest absolute Gasteiger partial charge is 0.342 e. The van der Waals surface area contributed by atoms with Gasteiger partial charge in [-0.05, 0) is 12.5 Å². The first-order valence-corrected chi connectivity index (χ1v) is 6.76. The Morgan fingerprint density at radius 2 is 1.95 bits per heavy atom. The molecular weight excluding hydrogens is 258 g/mol. The first-order valence-electron chi connectivity index (χ1n) is 6.38. The normalized spacial score (nSPS) is 11.1. The molecule has 2 heterocycles. The Hall–Kier alpha value is -1.87. The molecule has 0 unspecified atom stereocenters. The number of H-pyrrole nitrogens is 1. The Kier molecular flexibility index (Phi) is 3.22. The van der Waals surface area contributed by atoms with E-state index in [0.29, 0.717) is 5.15 Å². The van der Waals surface area contributed by atoms with E-state index in [9.17, 15) is 0 Å². The molecule has 3 nitrogen and oxygen atoms in total. The lowest BCUT2D eigenvalue weighted by atomic mass is 10.1. The quantitative estimate of drug-likeness (QED) is 0.726. The van der Waals surface area contributed by atoms with Gasteiger partial charge in [0.1, 0.15) is 11.5 Å². The van der Waals surface area contributed by atoms with Gasteiger partial charge in [0, 0.05) is 12.0 Å². The van der Waals surface area contributed by atoms with Crippen molar-refractivity contribution in [3.05, 3.63) is 47.4 Å². The van der Waals surface area contributed by atoms with E-state index in [4.69, 9.17) is 11.6 Å². The summed E-state index contributed by atoms with van der Waals surface area (Å²) in [6, 6.07) is 12.1. The zero-order valence-electron chi connectivity index (χ0n) is 10.7. The van der Waals surface area contributed by atoms with E-state index in [1.54, 1.807) is 0 Å². The van der Waals surface area contributed by atoms with Crippen LogP contribution in [0, 0.1) is 0 Å². The number of nitrogens with zero attached hydrogens (tertiary/aromatic N) is 2. The Morgan fingerprint density at radius 3 is 2.68 bits per heavy atom. The monoisotopic (exact) mass is 271 g/mol. The Balaban J connectivity index is 2.11. The molecule has 0 aliphatic carbocycles. The zero-order valence-corrected chi connectivity index (χ0v) is 11.4. The van der Waals surface area contributed by atoms with Crippen molar-refractivity contribution < 1.29 is 0 Å². The highest BCUT2D eigenvalue weighted by Gasteiger charge is 2.16. The molecule has 3 rings (SSSR count). The highest BCUT2D eigenvalue weighted by molar-refractivity contribution is 6.31. The van der Waals surface area contributed by atoms with Crippen LogP contribution in [0.3, 0.4) is 0 Å². The molecule has 0 saturated carbocycles. The van der Waals surface area contributed by atoms with Crippen LogP contribution in [-0.2, 0) is 6.42 Å². The molecule has 0 radical (unpaired) electrons. The maximum atomic E-state index is 6.21. The molecule has 4 heteroatoms. The second-order valence-electron chi connectivity index (χ2n) is 4.49. The van der Waals surface area contributed by atoms with Crippen molar-refractivity contribution >= 4 is 11.6 Å². The fraction of sp³-hybridized carbons (Fsp3) is 0.200. The van der Waals surface area contributed by atoms with Gasteiger partial charge in [-0.15, -0.1) is 0 Å². The van der Waals surface area contributed by atoms with Crippen LogP contribution < -0.4 is 0 Å². The van der Waals surface area contributed by atoms with Gasteiger partial charge in [0.2, 0.25) is 0 Å². The van der Waals surface area contributed by atoms with E-state index in [0.717, 1.165) is 41.3 Å². The lowest BCUT2D eigenvalue weighted by Gasteiger charge is -2.04. The van der Waals surface area contributed by atoms with Crippen molar-refractivity contribution in [2.75, 3.05) is 0 Å². The van der Waals surface area contributed by atoms with Gasteiger partial charge in [-0.25, -0.2) is 9.97 Å². The zero-order chi connectivity index (χ0) is 13.2. The highest BCUT2D eigenvalue weighted by atomic mass is 35.5. The standard InChI is InChI=1S/C15H14ClN3/c1-2-6-13-17-12-9-11(10-7-4-3-5-8-10)18-14(12)15(16)19-13/h3-5,7-9H,2,6H2,1H3,(H,17,19). The summed E-state index contributed by atoms with van der Waals surface area (Å²) in [4.78, 5) is 12.2. The molecule has 19 heavy (non-hydrogen) atoms. The third-order valence-electron chi connectivity index (χ3n) is 3.03. The van der Waals surface area contributed by atoms with Crippen molar-refractivity contribution in [3.63, 3.8) is 0 Å². The number of nitrogens with one attached hydrogen (secondary N) is 1. The van der Waals surface area contributed by atoms with Crippen molar-refractivity contribution in [2.45, 2.75) is 19.8 Å². The first-order chi connectivity index (χ1) is 9.28. The van der Waals surface area contributed by atoms with Crippen LogP contribution in [0.2, 0.25) is 5.15 Å².